The Kier molecular flexibility index (Phi) is 3.44. The van der Waals surface area contributed by atoms with Gasteiger partial charge in [0.1, 0.15) is 5.75 Å². The molecule has 0 saturated carbocycles. The Hall–Kier alpha value is -1.81. The van der Waals surface area contributed by atoms with Crippen molar-refractivity contribution in [1.29, 1.82) is 0 Å². The number of para-hydroxylation sites is 1. The molecule has 0 spiro atoms. The fraction of sp³-hybridized carbons (Fsp3) is 0.308. The topological polar surface area (TPSA) is 39.1 Å². The molecule has 0 aliphatic rings. The maximum Gasteiger partial charge on any atom is 0.124 e. The zero-order valence-corrected chi connectivity index (χ0v) is 10.3. The number of imidazole rings is 1. The normalized spacial score (nSPS) is 12.4. The minimum atomic E-state index is 0.0821. The van der Waals surface area contributed by atoms with Gasteiger partial charge in [0.05, 0.1) is 31.4 Å². The van der Waals surface area contributed by atoms with E-state index in [-0.39, 0.29) is 6.04 Å². The van der Waals surface area contributed by atoms with Gasteiger partial charge in [-0.2, -0.15) is 0 Å². The second kappa shape index (κ2) is 5.01. The van der Waals surface area contributed by atoms with Crippen molar-refractivity contribution in [3.63, 3.8) is 0 Å². The molecule has 90 valence electrons. The van der Waals surface area contributed by atoms with Crippen molar-refractivity contribution in [2.24, 2.45) is 7.05 Å². The summed E-state index contributed by atoms with van der Waals surface area (Å²) in [6.07, 6.45) is 3.67. The van der Waals surface area contributed by atoms with Gasteiger partial charge in [-0.15, -0.1) is 0 Å². The van der Waals surface area contributed by atoms with Crippen LogP contribution in [0.15, 0.2) is 36.8 Å². The first kappa shape index (κ1) is 11.7. The van der Waals surface area contributed by atoms with E-state index in [2.05, 4.69) is 16.4 Å². The highest BCUT2D eigenvalue weighted by atomic mass is 16.5. The van der Waals surface area contributed by atoms with Gasteiger partial charge in [0.2, 0.25) is 0 Å². The Balaban J connectivity index is 2.46. The summed E-state index contributed by atoms with van der Waals surface area (Å²) < 4.78 is 7.40. The molecule has 1 N–H and O–H groups in total. The summed E-state index contributed by atoms with van der Waals surface area (Å²) >= 11 is 0. The second-order valence-electron chi connectivity index (χ2n) is 3.89. The zero-order valence-electron chi connectivity index (χ0n) is 10.3. The number of hydrogen-bond donors (Lipinski definition) is 1. The lowest BCUT2D eigenvalue weighted by Crippen LogP contribution is -2.20. The van der Waals surface area contributed by atoms with Crippen LogP contribution in [-0.2, 0) is 7.05 Å². The van der Waals surface area contributed by atoms with Crippen LogP contribution in [0.4, 0.5) is 0 Å². The fourth-order valence-corrected chi connectivity index (χ4v) is 2.01. The molecule has 0 radical (unpaired) electrons. The van der Waals surface area contributed by atoms with E-state index < -0.39 is 0 Å². The first-order valence-corrected chi connectivity index (χ1v) is 5.54. The third-order valence-corrected chi connectivity index (χ3v) is 2.89. The molecule has 0 aliphatic carbocycles. The summed E-state index contributed by atoms with van der Waals surface area (Å²) in [5, 5.41) is 3.30. The predicted octanol–water partition coefficient (Wildman–Crippen LogP) is 1.74. The van der Waals surface area contributed by atoms with E-state index in [4.69, 9.17) is 4.74 Å². The van der Waals surface area contributed by atoms with Crippen LogP contribution in [0.25, 0.3) is 0 Å². The Morgan fingerprint density at radius 3 is 2.71 bits per heavy atom. The van der Waals surface area contributed by atoms with Crippen LogP contribution in [0.3, 0.4) is 0 Å². The quantitative estimate of drug-likeness (QED) is 0.871. The molecule has 2 rings (SSSR count). The van der Waals surface area contributed by atoms with Crippen molar-refractivity contribution in [1.82, 2.24) is 14.9 Å². The zero-order chi connectivity index (χ0) is 12.3. The number of ether oxygens (including phenoxy) is 1. The molecule has 0 saturated heterocycles. The lowest BCUT2D eigenvalue weighted by atomic mass is 10.0. The van der Waals surface area contributed by atoms with Crippen molar-refractivity contribution in [2.45, 2.75) is 6.04 Å². The molecule has 1 aromatic carbocycles. The summed E-state index contributed by atoms with van der Waals surface area (Å²) in [7, 11) is 5.61. The van der Waals surface area contributed by atoms with Crippen molar-refractivity contribution in [3.05, 3.63) is 48.0 Å². The molecule has 1 aromatic heterocycles. The van der Waals surface area contributed by atoms with Gasteiger partial charge >= 0.3 is 0 Å². The van der Waals surface area contributed by atoms with Crippen LogP contribution in [0, 0.1) is 0 Å². The molecular weight excluding hydrogens is 214 g/mol. The van der Waals surface area contributed by atoms with Gasteiger partial charge in [-0.1, -0.05) is 18.2 Å². The minimum Gasteiger partial charge on any atom is -0.496 e. The first-order chi connectivity index (χ1) is 8.27. The molecule has 0 bridgehead atoms. The molecule has 2 aromatic rings. The number of rotatable bonds is 4. The maximum absolute atomic E-state index is 5.40. The van der Waals surface area contributed by atoms with E-state index in [0.717, 1.165) is 17.0 Å². The Labute approximate surface area is 101 Å². The maximum atomic E-state index is 5.40. The van der Waals surface area contributed by atoms with E-state index >= 15 is 0 Å². The number of nitrogens with one attached hydrogen (secondary N) is 1. The van der Waals surface area contributed by atoms with Crippen LogP contribution in [0.2, 0.25) is 0 Å². The molecule has 0 amide bonds. The van der Waals surface area contributed by atoms with Crippen LogP contribution >= 0.6 is 0 Å². The van der Waals surface area contributed by atoms with E-state index in [1.54, 1.807) is 13.4 Å². The van der Waals surface area contributed by atoms with Gasteiger partial charge in [0.25, 0.3) is 0 Å². The Morgan fingerprint density at radius 2 is 2.12 bits per heavy atom. The van der Waals surface area contributed by atoms with E-state index in [0.29, 0.717) is 0 Å². The number of nitrogens with zero attached hydrogens (tertiary/aromatic N) is 2. The molecule has 17 heavy (non-hydrogen) atoms. The van der Waals surface area contributed by atoms with Crippen LogP contribution in [-0.4, -0.2) is 23.7 Å². The number of aromatic nitrogens is 2. The standard InChI is InChI=1S/C13H17N3O/c1-14-13(11-8-15-9-16(11)2)10-6-4-5-7-12(10)17-3/h4-9,13-14H,1-3H3. The highest BCUT2D eigenvalue weighted by Crippen LogP contribution is 2.28. The number of benzene rings is 1. The van der Waals surface area contributed by atoms with E-state index in [1.807, 2.05) is 43.1 Å². The molecule has 1 unspecified atom stereocenters. The van der Waals surface area contributed by atoms with Gasteiger partial charge in [0.15, 0.2) is 0 Å². The summed E-state index contributed by atoms with van der Waals surface area (Å²) in [6, 6.07) is 8.10. The van der Waals surface area contributed by atoms with Crippen LogP contribution in [0.1, 0.15) is 17.3 Å². The Bertz CT molecular complexity index is 493. The fourth-order valence-electron chi connectivity index (χ4n) is 2.01. The highest BCUT2D eigenvalue weighted by Gasteiger charge is 2.18. The average Bonchev–Trinajstić information content (AvgIpc) is 2.78. The molecule has 1 heterocycles. The monoisotopic (exact) mass is 231 g/mol. The second-order valence-corrected chi connectivity index (χ2v) is 3.89. The van der Waals surface area contributed by atoms with Gasteiger partial charge in [-0.25, -0.2) is 4.98 Å². The molecule has 1 atom stereocenters. The first-order valence-electron chi connectivity index (χ1n) is 5.54. The van der Waals surface area contributed by atoms with Crippen molar-refractivity contribution < 1.29 is 4.74 Å². The van der Waals surface area contributed by atoms with Gasteiger partial charge in [-0.3, -0.25) is 0 Å². The number of hydrogen-bond acceptors (Lipinski definition) is 3. The van der Waals surface area contributed by atoms with Crippen molar-refractivity contribution >= 4 is 0 Å². The molecule has 4 heteroatoms. The molecule has 0 fully saturated rings. The van der Waals surface area contributed by atoms with Crippen molar-refractivity contribution in [3.8, 4) is 5.75 Å². The van der Waals surface area contributed by atoms with Crippen molar-refractivity contribution in [2.75, 3.05) is 14.2 Å². The number of aryl methyl sites for hydroxylation is 1. The summed E-state index contributed by atoms with van der Waals surface area (Å²) in [5.74, 6) is 0.882. The third kappa shape index (κ3) is 2.17. The summed E-state index contributed by atoms with van der Waals surface area (Å²) in [5.41, 5.74) is 2.22. The average molecular weight is 231 g/mol. The van der Waals surface area contributed by atoms with Gasteiger partial charge in [-0.05, 0) is 13.1 Å². The predicted molar refractivity (Wildman–Crippen MR) is 67.1 cm³/mol. The summed E-state index contributed by atoms with van der Waals surface area (Å²) in [6.45, 7) is 0. The van der Waals surface area contributed by atoms with E-state index in [9.17, 15) is 0 Å². The van der Waals surface area contributed by atoms with E-state index in [1.165, 1.54) is 0 Å². The Morgan fingerprint density at radius 1 is 1.35 bits per heavy atom. The highest BCUT2D eigenvalue weighted by molar-refractivity contribution is 5.39. The summed E-state index contributed by atoms with van der Waals surface area (Å²) in [4.78, 5) is 4.15. The minimum absolute atomic E-state index is 0.0821. The SMILES string of the molecule is CNC(c1ccccc1OC)c1cncn1C. The molecule has 4 nitrogen and oxygen atoms in total. The lowest BCUT2D eigenvalue weighted by molar-refractivity contribution is 0.404. The third-order valence-electron chi connectivity index (χ3n) is 2.89. The van der Waals surface area contributed by atoms with Crippen LogP contribution < -0.4 is 10.1 Å². The lowest BCUT2D eigenvalue weighted by Gasteiger charge is -2.19. The smallest absolute Gasteiger partial charge is 0.124 e. The number of methoxy groups -OCH3 is 1. The molecule has 0 aliphatic heterocycles. The van der Waals surface area contributed by atoms with Crippen LogP contribution in [0.5, 0.6) is 5.75 Å². The largest absolute Gasteiger partial charge is 0.496 e. The molecular formula is C13H17N3O. The van der Waals surface area contributed by atoms with Gasteiger partial charge < -0.3 is 14.6 Å². The van der Waals surface area contributed by atoms with Gasteiger partial charge in [0, 0.05) is 12.6 Å².